The Bertz CT molecular complexity index is 938. The summed E-state index contributed by atoms with van der Waals surface area (Å²) in [7, 11) is 0. The number of aromatic nitrogens is 2. The minimum Gasteiger partial charge on any atom is -0.450 e. The molecule has 0 radical (unpaired) electrons. The highest BCUT2D eigenvalue weighted by Gasteiger charge is 2.32. The van der Waals surface area contributed by atoms with Crippen molar-refractivity contribution in [1.29, 1.82) is 0 Å². The first-order valence-electron chi connectivity index (χ1n) is 9.81. The molecule has 0 bridgehead atoms. The lowest BCUT2D eigenvalue weighted by Gasteiger charge is -2.21. The zero-order valence-corrected chi connectivity index (χ0v) is 16.9. The summed E-state index contributed by atoms with van der Waals surface area (Å²) in [5.74, 6) is -0.388. The van der Waals surface area contributed by atoms with Crippen molar-refractivity contribution in [2.75, 3.05) is 31.1 Å². The maximum Gasteiger partial charge on any atom is 0.416 e. The highest BCUT2D eigenvalue weighted by Crippen LogP contribution is 2.33. The Morgan fingerprint density at radius 2 is 2.16 bits per heavy atom. The van der Waals surface area contributed by atoms with Gasteiger partial charge >= 0.3 is 12.3 Å². The number of anilines is 1. The molecule has 1 unspecified atom stereocenters. The van der Waals surface area contributed by atoms with E-state index >= 15 is 0 Å². The molecule has 2 heterocycles. The van der Waals surface area contributed by atoms with Gasteiger partial charge in [0, 0.05) is 24.8 Å². The smallest absolute Gasteiger partial charge is 0.416 e. The zero-order valence-electron chi connectivity index (χ0n) is 16.9. The molecule has 11 heteroatoms. The van der Waals surface area contributed by atoms with Crippen LogP contribution in [0, 0.1) is 11.7 Å². The topological polar surface area (TPSA) is 93.4 Å². The van der Waals surface area contributed by atoms with Crippen LogP contribution in [0.25, 0.3) is 11.4 Å². The third-order valence-corrected chi connectivity index (χ3v) is 5.00. The maximum atomic E-state index is 14.4. The molecule has 1 aromatic carbocycles. The number of carbonyl (C=O) groups excluding carboxylic acids is 1. The van der Waals surface area contributed by atoms with Gasteiger partial charge in [0.05, 0.1) is 24.3 Å². The number of rotatable bonds is 6. The summed E-state index contributed by atoms with van der Waals surface area (Å²) < 4.78 is 57.8. The highest BCUT2D eigenvalue weighted by atomic mass is 19.4. The summed E-state index contributed by atoms with van der Waals surface area (Å²) in [6, 6.07) is 2.23. The van der Waals surface area contributed by atoms with E-state index in [0.29, 0.717) is 37.1 Å². The molecule has 1 aromatic heterocycles. The van der Waals surface area contributed by atoms with Gasteiger partial charge in [-0.3, -0.25) is 0 Å². The molecule has 3 rings (SSSR count). The monoisotopic (exact) mass is 441 g/mol. The standard InChI is InChI=1S/C20H23F4N5O2/c1-2-31-19(30)27-10-13-9-26-17(28-18(13)29-6-5-12(8-25)11-29)15-4-3-14(7-16(15)21)20(22,23)24/h3-4,7,9,12H,2,5-6,8,10-11,25H2,1H3,(H,27,30). The van der Waals surface area contributed by atoms with Gasteiger partial charge in [0.1, 0.15) is 11.6 Å². The Kier molecular flexibility index (Phi) is 6.94. The second-order valence-electron chi connectivity index (χ2n) is 7.15. The molecule has 1 aliphatic heterocycles. The van der Waals surface area contributed by atoms with Gasteiger partial charge in [0.15, 0.2) is 5.82 Å². The van der Waals surface area contributed by atoms with Crippen LogP contribution in [0.4, 0.5) is 28.2 Å². The Labute approximate surface area is 176 Å². The number of alkyl halides is 3. The molecule has 0 saturated carbocycles. The predicted octanol–water partition coefficient (Wildman–Crippen LogP) is 3.33. The lowest BCUT2D eigenvalue weighted by molar-refractivity contribution is -0.137. The van der Waals surface area contributed by atoms with Gasteiger partial charge < -0.3 is 20.7 Å². The molecule has 3 N–H and O–H groups in total. The average Bonchev–Trinajstić information content (AvgIpc) is 3.21. The molecular formula is C20H23F4N5O2. The van der Waals surface area contributed by atoms with Gasteiger partial charge in [-0.1, -0.05) is 0 Å². The van der Waals surface area contributed by atoms with Gasteiger partial charge in [-0.2, -0.15) is 13.2 Å². The third kappa shape index (κ3) is 5.40. The molecule has 1 amide bonds. The maximum absolute atomic E-state index is 14.4. The van der Waals surface area contributed by atoms with Crippen LogP contribution in [0.15, 0.2) is 24.4 Å². The Balaban J connectivity index is 1.94. The minimum absolute atomic E-state index is 0.0442. The first-order valence-corrected chi connectivity index (χ1v) is 9.81. The van der Waals surface area contributed by atoms with Crippen LogP contribution in [0.5, 0.6) is 0 Å². The molecule has 2 aromatic rings. The van der Waals surface area contributed by atoms with Crippen molar-refractivity contribution in [1.82, 2.24) is 15.3 Å². The fourth-order valence-corrected chi connectivity index (χ4v) is 3.37. The van der Waals surface area contributed by atoms with Gasteiger partial charge in [0.2, 0.25) is 0 Å². The van der Waals surface area contributed by atoms with Crippen molar-refractivity contribution >= 4 is 11.9 Å². The van der Waals surface area contributed by atoms with Crippen LogP contribution in [0.1, 0.15) is 24.5 Å². The summed E-state index contributed by atoms with van der Waals surface area (Å²) in [5, 5.41) is 2.59. The van der Waals surface area contributed by atoms with Crippen molar-refractivity contribution < 1.29 is 27.1 Å². The molecule has 1 atom stereocenters. The van der Waals surface area contributed by atoms with E-state index in [1.165, 1.54) is 6.20 Å². The van der Waals surface area contributed by atoms with E-state index in [4.69, 9.17) is 10.5 Å². The number of nitrogens with one attached hydrogen (secondary N) is 1. The normalized spacial score (nSPS) is 16.5. The molecule has 0 spiro atoms. The van der Waals surface area contributed by atoms with Gasteiger partial charge in [-0.25, -0.2) is 19.2 Å². The van der Waals surface area contributed by atoms with Crippen LogP contribution in [-0.4, -0.2) is 42.3 Å². The fraction of sp³-hybridized carbons (Fsp3) is 0.450. The first-order chi connectivity index (χ1) is 14.7. The molecule has 0 aliphatic carbocycles. The lowest BCUT2D eigenvalue weighted by atomic mass is 10.1. The fourth-order valence-electron chi connectivity index (χ4n) is 3.37. The number of carbonyl (C=O) groups is 1. The second-order valence-corrected chi connectivity index (χ2v) is 7.15. The Morgan fingerprint density at radius 3 is 2.77 bits per heavy atom. The van der Waals surface area contributed by atoms with Crippen molar-refractivity contribution in [3.05, 3.63) is 41.3 Å². The summed E-state index contributed by atoms with van der Waals surface area (Å²) >= 11 is 0. The number of ether oxygens (including phenoxy) is 1. The third-order valence-electron chi connectivity index (χ3n) is 5.00. The summed E-state index contributed by atoms with van der Waals surface area (Å²) in [4.78, 5) is 22.2. The van der Waals surface area contributed by atoms with Crippen LogP contribution < -0.4 is 16.0 Å². The number of hydrogen-bond donors (Lipinski definition) is 2. The van der Waals surface area contributed by atoms with Crippen LogP contribution in [-0.2, 0) is 17.5 Å². The molecule has 1 aliphatic rings. The van der Waals surface area contributed by atoms with Crippen molar-refractivity contribution in [3.63, 3.8) is 0 Å². The van der Waals surface area contributed by atoms with E-state index in [0.717, 1.165) is 18.6 Å². The van der Waals surface area contributed by atoms with Crippen molar-refractivity contribution in [2.45, 2.75) is 26.1 Å². The molecule has 31 heavy (non-hydrogen) atoms. The quantitative estimate of drug-likeness (QED) is 0.668. The number of halogens is 4. The second kappa shape index (κ2) is 9.46. The van der Waals surface area contributed by atoms with E-state index in [2.05, 4.69) is 15.3 Å². The summed E-state index contributed by atoms with van der Waals surface area (Å²) in [5.41, 5.74) is 5.10. The number of nitrogens with two attached hydrogens (primary N) is 1. The van der Waals surface area contributed by atoms with Crippen molar-refractivity contribution in [2.24, 2.45) is 11.7 Å². The predicted molar refractivity (Wildman–Crippen MR) is 106 cm³/mol. The number of amides is 1. The number of nitrogens with zero attached hydrogens (tertiary/aromatic N) is 3. The number of hydrogen-bond acceptors (Lipinski definition) is 6. The highest BCUT2D eigenvalue weighted by molar-refractivity contribution is 5.68. The van der Waals surface area contributed by atoms with E-state index in [-0.39, 0.29) is 30.5 Å². The van der Waals surface area contributed by atoms with Gasteiger partial charge in [-0.15, -0.1) is 0 Å². The molecular weight excluding hydrogens is 418 g/mol. The van der Waals surface area contributed by atoms with Crippen LogP contribution in [0.3, 0.4) is 0 Å². The number of alkyl carbamates (subject to hydrolysis) is 1. The summed E-state index contributed by atoms with van der Waals surface area (Å²) in [6.45, 7) is 3.74. The van der Waals surface area contributed by atoms with Crippen molar-refractivity contribution in [3.8, 4) is 11.4 Å². The minimum atomic E-state index is -4.65. The van der Waals surface area contributed by atoms with E-state index in [9.17, 15) is 22.4 Å². The van der Waals surface area contributed by atoms with E-state index < -0.39 is 23.7 Å². The molecule has 1 fully saturated rings. The lowest BCUT2D eigenvalue weighted by Crippen LogP contribution is -2.28. The molecule has 7 nitrogen and oxygen atoms in total. The largest absolute Gasteiger partial charge is 0.450 e. The first kappa shape index (κ1) is 22.7. The van der Waals surface area contributed by atoms with E-state index in [1.54, 1.807) is 6.92 Å². The molecule has 168 valence electrons. The zero-order chi connectivity index (χ0) is 22.6. The van der Waals surface area contributed by atoms with Gasteiger partial charge in [-0.05, 0) is 44.0 Å². The Morgan fingerprint density at radius 1 is 1.39 bits per heavy atom. The van der Waals surface area contributed by atoms with Crippen LogP contribution >= 0.6 is 0 Å². The Hall–Kier alpha value is -2.95. The van der Waals surface area contributed by atoms with Crippen LogP contribution in [0.2, 0.25) is 0 Å². The molecule has 1 saturated heterocycles. The summed E-state index contributed by atoms with van der Waals surface area (Å²) in [6.07, 6.45) is -2.99. The SMILES string of the molecule is CCOC(=O)NCc1cnc(-c2ccc(C(F)(F)F)cc2F)nc1N1CCC(CN)C1. The average molecular weight is 441 g/mol. The number of benzene rings is 1. The van der Waals surface area contributed by atoms with Gasteiger partial charge in [0.25, 0.3) is 0 Å². The van der Waals surface area contributed by atoms with E-state index in [1.807, 2.05) is 4.90 Å².